The van der Waals surface area contributed by atoms with Crippen LogP contribution in [0.3, 0.4) is 0 Å². The van der Waals surface area contributed by atoms with Crippen LogP contribution in [0, 0.1) is 0 Å². The predicted molar refractivity (Wildman–Crippen MR) is 109 cm³/mol. The van der Waals surface area contributed by atoms with Crippen LogP contribution in [-0.4, -0.2) is 20.9 Å². The molecule has 0 saturated carbocycles. The molecule has 0 saturated heterocycles. The second kappa shape index (κ2) is 8.05. The lowest BCUT2D eigenvalue weighted by Crippen LogP contribution is -2.27. The number of rotatable bonds is 6. The van der Waals surface area contributed by atoms with Crippen LogP contribution in [0.15, 0.2) is 47.4 Å². The Hall–Kier alpha value is -2.18. The third kappa shape index (κ3) is 5.00. The van der Waals surface area contributed by atoms with Crippen LogP contribution in [0.2, 0.25) is 0 Å². The first-order valence-electron chi connectivity index (χ1n) is 9.58. The molecule has 0 aliphatic heterocycles. The number of hydrogen-bond donors (Lipinski definition) is 1. The molecule has 0 heterocycles. The summed E-state index contributed by atoms with van der Waals surface area (Å²) in [7, 11) is -3.66. The number of carbonyl (C=O) groups is 1. The molecule has 150 valence electrons. The van der Waals surface area contributed by atoms with Crippen molar-refractivity contribution in [2.45, 2.75) is 56.8 Å². The Balaban J connectivity index is 1.52. The van der Waals surface area contributed by atoms with Crippen LogP contribution in [0.5, 0.6) is 5.75 Å². The number of ether oxygens (including phenoxy) is 1. The maximum absolute atomic E-state index is 12.4. The molecule has 0 spiro atoms. The lowest BCUT2D eigenvalue weighted by atomic mass is 9.87. The number of sulfonamides is 1. The second-order valence-corrected chi connectivity index (χ2v) is 9.95. The third-order valence-corrected chi connectivity index (χ3v) is 6.43. The highest BCUT2D eigenvalue weighted by atomic mass is 32.2. The van der Waals surface area contributed by atoms with Gasteiger partial charge < -0.3 is 4.74 Å². The quantitative estimate of drug-likeness (QED) is 0.591. The van der Waals surface area contributed by atoms with Gasteiger partial charge in [0.25, 0.3) is 0 Å². The van der Waals surface area contributed by atoms with Crippen molar-refractivity contribution < 1.29 is 17.9 Å². The van der Waals surface area contributed by atoms with E-state index in [0.29, 0.717) is 5.75 Å². The Morgan fingerprint density at radius 2 is 1.71 bits per heavy atom. The minimum Gasteiger partial charge on any atom is -0.426 e. The Bertz CT molecular complexity index is 957. The summed E-state index contributed by atoms with van der Waals surface area (Å²) in [4.78, 5) is 12.2. The summed E-state index contributed by atoms with van der Waals surface area (Å²) in [6, 6.07) is 12.5. The largest absolute Gasteiger partial charge is 0.426 e. The zero-order chi connectivity index (χ0) is 20.4. The number of aryl methyl sites for hydroxylation is 2. The fourth-order valence-corrected chi connectivity index (χ4v) is 4.33. The Labute approximate surface area is 167 Å². The first kappa shape index (κ1) is 20.6. The molecule has 2 aromatic rings. The van der Waals surface area contributed by atoms with E-state index in [0.717, 1.165) is 24.8 Å². The average Bonchev–Trinajstić information content (AvgIpc) is 3.08. The molecule has 6 heteroatoms. The first-order valence-corrected chi connectivity index (χ1v) is 11.1. The van der Waals surface area contributed by atoms with Gasteiger partial charge in [0.1, 0.15) is 5.75 Å². The topological polar surface area (TPSA) is 72.5 Å². The summed E-state index contributed by atoms with van der Waals surface area (Å²) in [6.45, 7) is 6.21. The Morgan fingerprint density at radius 1 is 1.04 bits per heavy atom. The summed E-state index contributed by atoms with van der Waals surface area (Å²) in [6.07, 6.45) is 3.18. The number of nitrogens with one attached hydrogen (secondary N) is 1. The molecule has 0 radical (unpaired) electrons. The summed E-state index contributed by atoms with van der Waals surface area (Å²) in [5.74, 6) is 0.0648. The van der Waals surface area contributed by atoms with Crippen molar-refractivity contribution in [1.29, 1.82) is 0 Å². The monoisotopic (exact) mass is 401 g/mol. The molecule has 0 amide bonds. The van der Waals surface area contributed by atoms with Gasteiger partial charge in [-0.25, -0.2) is 13.1 Å². The van der Waals surface area contributed by atoms with Crippen molar-refractivity contribution in [2.24, 2.45) is 0 Å². The van der Waals surface area contributed by atoms with Crippen LogP contribution in [0.4, 0.5) is 0 Å². The second-order valence-electron chi connectivity index (χ2n) is 8.18. The van der Waals surface area contributed by atoms with Crippen molar-refractivity contribution in [3.63, 3.8) is 0 Å². The third-order valence-electron chi connectivity index (χ3n) is 4.95. The van der Waals surface area contributed by atoms with Gasteiger partial charge in [0.15, 0.2) is 0 Å². The fraction of sp³-hybridized carbons (Fsp3) is 0.409. The van der Waals surface area contributed by atoms with Crippen LogP contribution in [0.1, 0.15) is 50.3 Å². The maximum Gasteiger partial charge on any atom is 0.312 e. The van der Waals surface area contributed by atoms with Gasteiger partial charge in [-0.1, -0.05) is 39.0 Å². The summed E-state index contributed by atoms with van der Waals surface area (Å²) in [5.41, 5.74) is 3.55. The highest BCUT2D eigenvalue weighted by molar-refractivity contribution is 7.89. The van der Waals surface area contributed by atoms with Gasteiger partial charge in [0.2, 0.25) is 10.0 Å². The molecule has 0 bridgehead atoms. The number of carbonyl (C=O) groups excluding carboxylic acids is 1. The molecule has 1 aliphatic carbocycles. The van der Waals surface area contributed by atoms with E-state index in [4.69, 9.17) is 4.74 Å². The van der Waals surface area contributed by atoms with Crippen LogP contribution in [0.25, 0.3) is 0 Å². The van der Waals surface area contributed by atoms with Crippen LogP contribution in [-0.2, 0) is 33.1 Å². The van der Waals surface area contributed by atoms with Crippen LogP contribution >= 0.6 is 0 Å². The van der Waals surface area contributed by atoms with E-state index in [1.807, 2.05) is 24.3 Å². The molecule has 28 heavy (non-hydrogen) atoms. The maximum atomic E-state index is 12.4. The normalized spacial score (nSPS) is 14.0. The SMILES string of the molecule is CC(C)(C)c1ccc(S(=O)(=O)NCCC(=O)Oc2ccc3c(c2)CCC3)cc1. The summed E-state index contributed by atoms with van der Waals surface area (Å²) < 4.78 is 32.6. The van der Waals surface area contributed by atoms with Crippen molar-refractivity contribution >= 4 is 16.0 Å². The Morgan fingerprint density at radius 3 is 2.39 bits per heavy atom. The average molecular weight is 402 g/mol. The van der Waals surface area contributed by atoms with Gasteiger partial charge in [0.05, 0.1) is 11.3 Å². The number of esters is 1. The van der Waals surface area contributed by atoms with Gasteiger partial charge in [0, 0.05) is 6.54 Å². The smallest absolute Gasteiger partial charge is 0.312 e. The van der Waals surface area contributed by atoms with Gasteiger partial charge in [-0.05, 0) is 65.6 Å². The molecule has 1 N–H and O–H groups in total. The van der Waals surface area contributed by atoms with Gasteiger partial charge in [-0.3, -0.25) is 4.79 Å². The molecule has 0 unspecified atom stereocenters. The molecule has 0 aromatic heterocycles. The van der Waals surface area contributed by atoms with Crippen molar-refractivity contribution in [3.05, 3.63) is 59.2 Å². The highest BCUT2D eigenvalue weighted by Crippen LogP contribution is 2.26. The molecule has 0 atom stereocenters. The zero-order valence-corrected chi connectivity index (χ0v) is 17.4. The summed E-state index contributed by atoms with van der Waals surface area (Å²) in [5, 5.41) is 0. The highest BCUT2D eigenvalue weighted by Gasteiger charge is 2.18. The Kier molecular flexibility index (Phi) is 5.91. The predicted octanol–water partition coefficient (Wildman–Crippen LogP) is 3.75. The molecular formula is C22H27NO4S. The number of benzene rings is 2. The van der Waals surface area contributed by atoms with E-state index in [2.05, 4.69) is 25.5 Å². The number of hydrogen-bond acceptors (Lipinski definition) is 4. The minimum absolute atomic E-state index is 0.00682. The van der Waals surface area contributed by atoms with Crippen molar-refractivity contribution in [3.8, 4) is 5.75 Å². The van der Waals surface area contributed by atoms with Gasteiger partial charge in [-0.2, -0.15) is 0 Å². The van der Waals surface area contributed by atoms with E-state index in [-0.39, 0.29) is 23.3 Å². The number of fused-ring (bicyclic) bond motifs is 1. The molecular weight excluding hydrogens is 374 g/mol. The zero-order valence-electron chi connectivity index (χ0n) is 16.6. The van der Waals surface area contributed by atoms with Crippen LogP contribution < -0.4 is 9.46 Å². The molecule has 5 nitrogen and oxygen atoms in total. The van der Waals surface area contributed by atoms with E-state index < -0.39 is 16.0 Å². The molecule has 3 rings (SSSR count). The van der Waals surface area contributed by atoms with E-state index in [1.165, 1.54) is 11.1 Å². The summed E-state index contributed by atoms with van der Waals surface area (Å²) >= 11 is 0. The van der Waals surface area contributed by atoms with Crippen molar-refractivity contribution in [1.82, 2.24) is 4.72 Å². The lowest BCUT2D eigenvalue weighted by Gasteiger charge is -2.19. The van der Waals surface area contributed by atoms with Crippen molar-refractivity contribution in [2.75, 3.05) is 6.54 Å². The lowest BCUT2D eigenvalue weighted by molar-refractivity contribution is -0.134. The van der Waals surface area contributed by atoms with E-state index >= 15 is 0 Å². The van der Waals surface area contributed by atoms with E-state index in [1.54, 1.807) is 18.2 Å². The van der Waals surface area contributed by atoms with E-state index in [9.17, 15) is 13.2 Å². The van der Waals surface area contributed by atoms with Gasteiger partial charge in [-0.15, -0.1) is 0 Å². The molecule has 1 aliphatic rings. The van der Waals surface area contributed by atoms with Gasteiger partial charge >= 0.3 is 5.97 Å². The fourth-order valence-electron chi connectivity index (χ4n) is 3.30. The first-order chi connectivity index (χ1) is 13.1. The standard InChI is InChI=1S/C22H27NO4S/c1-22(2,3)18-8-11-20(12-9-18)28(25,26)23-14-13-21(24)27-19-10-7-16-5-4-6-17(16)15-19/h7-12,15,23H,4-6,13-14H2,1-3H3. The molecule has 2 aromatic carbocycles. The minimum atomic E-state index is -3.66. The molecule has 0 fully saturated rings.